The molecule has 0 aliphatic rings. The van der Waals surface area contributed by atoms with Crippen molar-refractivity contribution in [3.05, 3.63) is 18.4 Å². The van der Waals surface area contributed by atoms with E-state index >= 15 is 0 Å². The van der Waals surface area contributed by atoms with Gasteiger partial charge in [0.15, 0.2) is 16.6 Å². The van der Waals surface area contributed by atoms with E-state index in [1.54, 1.807) is 0 Å². The molecule has 0 aliphatic carbocycles. The Bertz CT molecular complexity index is 347. The van der Waals surface area contributed by atoms with Crippen molar-refractivity contribution in [3.8, 4) is 0 Å². The van der Waals surface area contributed by atoms with E-state index < -0.39 is 16.6 Å². The van der Waals surface area contributed by atoms with Crippen molar-refractivity contribution in [2.75, 3.05) is 19.8 Å². The van der Waals surface area contributed by atoms with Gasteiger partial charge in [0.2, 0.25) is 6.29 Å². The van der Waals surface area contributed by atoms with Crippen molar-refractivity contribution in [1.29, 1.82) is 0 Å². The molecule has 7 heteroatoms. The summed E-state index contributed by atoms with van der Waals surface area (Å²) < 4.78 is 23.9. The molecular weight excluding hydrogens is 340 g/mol. The van der Waals surface area contributed by atoms with Gasteiger partial charge in [-0.05, 0) is 52.6 Å². The van der Waals surface area contributed by atoms with Crippen LogP contribution in [0.1, 0.15) is 20.3 Å². The summed E-state index contributed by atoms with van der Waals surface area (Å²) in [5, 5.41) is 9.45. The Morgan fingerprint density at radius 3 is 1.83 bits per heavy atom. The lowest BCUT2D eigenvalue weighted by atomic mass is 10.2. The Balaban J connectivity index is 4.83. The molecule has 2 unspecified atom stereocenters. The van der Waals surface area contributed by atoms with Crippen LogP contribution >= 0.6 is 0 Å². The molecule has 2 atom stereocenters. The summed E-state index contributed by atoms with van der Waals surface area (Å²) in [6, 6.07) is 0. The van der Waals surface area contributed by atoms with E-state index in [0.29, 0.717) is 12.9 Å². The molecule has 0 heterocycles. The Hall–Kier alpha value is -0.0262. The lowest BCUT2D eigenvalue weighted by molar-refractivity contribution is -0.0927. The Labute approximate surface area is 150 Å². The first-order valence-electron chi connectivity index (χ1n) is 8.61. The van der Waals surface area contributed by atoms with Crippen LogP contribution in [-0.4, -0.2) is 53.8 Å². The normalized spacial score (nSPS) is 15.6. The molecule has 0 amide bonds. The maximum absolute atomic E-state index is 9.45. The third-order valence-corrected chi connectivity index (χ3v) is 4.33. The molecule has 143 valence electrons. The van der Waals surface area contributed by atoms with Gasteiger partial charge in [-0.3, -0.25) is 0 Å². The van der Waals surface area contributed by atoms with E-state index in [1.807, 2.05) is 13.8 Å². The average molecular weight is 378 g/mol. The number of aliphatic hydroxyl groups is 1. The molecule has 0 saturated heterocycles. The molecule has 5 nitrogen and oxygen atoms in total. The lowest BCUT2D eigenvalue weighted by Gasteiger charge is -2.35. The Morgan fingerprint density at radius 2 is 1.50 bits per heavy atom. The summed E-state index contributed by atoms with van der Waals surface area (Å²) in [4.78, 5) is 0. The number of aliphatic hydroxyl groups excluding tert-OH is 1. The second-order valence-corrected chi connectivity index (χ2v) is 16.9. The van der Waals surface area contributed by atoms with Crippen LogP contribution in [0.4, 0.5) is 0 Å². The molecule has 0 rings (SSSR count). The van der Waals surface area contributed by atoms with Gasteiger partial charge in [-0.15, -0.1) is 0 Å². The third-order valence-electron chi connectivity index (χ3n) is 2.70. The molecule has 0 aromatic rings. The van der Waals surface area contributed by atoms with Crippen molar-refractivity contribution >= 4 is 16.6 Å². The van der Waals surface area contributed by atoms with Gasteiger partial charge in [-0.2, -0.15) is 0 Å². The molecule has 0 bridgehead atoms. The van der Waals surface area contributed by atoms with Gasteiger partial charge < -0.3 is 23.4 Å². The standard InChI is InChI=1S/C17H37O5Si2/c1-10-16(20-13-15(11-18)19-12-14(2)3)17(21-23(4,5)6)22-24(7,8)9/h15-16,18H,2,10-13H2,1,3-9H3. The molecule has 0 aromatic heterocycles. The van der Waals surface area contributed by atoms with Crippen LogP contribution in [0.15, 0.2) is 12.2 Å². The minimum atomic E-state index is -1.81. The molecule has 0 fully saturated rings. The highest BCUT2D eigenvalue weighted by Gasteiger charge is 2.34. The van der Waals surface area contributed by atoms with Gasteiger partial charge in [0.1, 0.15) is 12.2 Å². The van der Waals surface area contributed by atoms with Gasteiger partial charge in [-0.1, -0.05) is 19.1 Å². The Kier molecular flexibility index (Phi) is 10.8. The van der Waals surface area contributed by atoms with E-state index in [9.17, 15) is 5.11 Å². The topological polar surface area (TPSA) is 57.2 Å². The minimum absolute atomic E-state index is 0.0944. The highest BCUT2D eigenvalue weighted by atomic mass is 28.4. The lowest BCUT2D eigenvalue weighted by Crippen LogP contribution is -2.42. The van der Waals surface area contributed by atoms with Crippen molar-refractivity contribution in [2.24, 2.45) is 0 Å². The van der Waals surface area contributed by atoms with E-state index in [1.165, 1.54) is 0 Å². The third kappa shape index (κ3) is 12.4. The monoisotopic (exact) mass is 377 g/mol. The quantitative estimate of drug-likeness (QED) is 0.389. The van der Waals surface area contributed by atoms with Gasteiger partial charge in [0.05, 0.1) is 19.8 Å². The Morgan fingerprint density at radius 1 is 1.00 bits per heavy atom. The first-order valence-corrected chi connectivity index (χ1v) is 15.4. The minimum Gasteiger partial charge on any atom is -0.394 e. The second kappa shape index (κ2) is 10.9. The summed E-state index contributed by atoms with van der Waals surface area (Å²) in [6.45, 7) is 21.1. The van der Waals surface area contributed by atoms with Crippen LogP contribution in [-0.2, 0) is 18.3 Å². The maximum Gasteiger partial charge on any atom is 0.233 e. The molecule has 0 saturated carbocycles. The van der Waals surface area contributed by atoms with E-state index in [4.69, 9.17) is 18.3 Å². The van der Waals surface area contributed by atoms with Crippen LogP contribution in [0.25, 0.3) is 0 Å². The maximum atomic E-state index is 9.45. The van der Waals surface area contributed by atoms with Crippen LogP contribution < -0.4 is 0 Å². The number of hydrogen-bond acceptors (Lipinski definition) is 5. The number of ether oxygens (including phenoxy) is 2. The fourth-order valence-electron chi connectivity index (χ4n) is 1.75. The van der Waals surface area contributed by atoms with Crippen molar-refractivity contribution in [3.63, 3.8) is 0 Å². The van der Waals surface area contributed by atoms with E-state index in [2.05, 4.69) is 45.9 Å². The first kappa shape index (κ1) is 24.0. The van der Waals surface area contributed by atoms with Crippen LogP contribution in [0.5, 0.6) is 0 Å². The fraction of sp³-hybridized carbons (Fsp3) is 0.824. The largest absolute Gasteiger partial charge is 0.394 e. The average Bonchev–Trinajstić information content (AvgIpc) is 2.38. The summed E-state index contributed by atoms with van der Waals surface area (Å²) in [5.74, 6) is 0. The molecular formula is C17H37O5Si2. The molecule has 1 radical (unpaired) electrons. The first-order chi connectivity index (χ1) is 10.9. The van der Waals surface area contributed by atoms with E-state index in [-0.39, 0.29) is 25.4 Å². The zero-order valence-electron chi connectivity index (χ0n) is 16.8. The fourth-order valence-corrected chi connectivity index (χ4v) is 3.38. The van der Waals surface area contributed by atoms with Crippen molar-refractivity contribution < 1.29 is 23.4 Å². The summed E-state index contributed by atoms with van der Waals surface area (Å²) in [7, 11) is -3.61. The SMILES string of the molecule is C=C(C)COC(CO)COC(CC)[C](O[Si](C)(C)C)O[Si](C)(C)C. The summed E-state index contributed by atoms with van der Waals surface area (Å²) >= 11 is 0. The predicted molar refractivity (Wildman–Crippen MR) is 104 cm³/mol. The zero-order chi connectivity index (χ0) is 19.0. The smallest absolute Gasteiger partial charge is 0.233 e. The molecule has 1 N–H and O–H groups in total. The van der Waals surface area contributed by atoms with Crippen LogP contribution in [0.2, 0.25) is 39.3 Å². The van der Waals surface area contributed by atoms with Gasteiger partial charge in [0.25, 0.3) is 0 Å². The van der Waals surface area contributed by atoms with E-state index in [0.717, 1.165) is 12.0 Å². The number of rotatable bonds is 13. The molecule has 0 spiro atoms. The van der Waals surface area contributed by atoms with Crippen LogP contribution in [0.3, 0.4) is 0 Å². The second-order valence-electron chi connectivity index (χ2n) is 8.05. The molecule has 0 aromatic carbocycles. The summed E-state index contributed by atoms with van der Waals surface area (Å²) in [6.07, 6.45) is 0.692. The molecule has 0 aliphatic heterocycles. The predicted octanol–water partition coefficient (Wildman–Crippen LogP) is 3.93. The zero-order valence-corrected chi connectivity index (χ0v) is 18.8. The van der Waals surface area contributed by atoms with Crippen molar-refractivity contribution in [2.45, 2.75) is 71.8 Å². The van der Waals surface area contributed by atoms with Crippen LogP contribution in [0, 0.1) is 6.29 Å². The summed E-state index contributed by atoms with van der Waals surface area (Å²) in [5.41, 5.74) is 0.914. The van der Waals surface area contributed by atoms with Gasteiger partial charge in [0, 0.05) is 0 Å². The molecule has 24 heavy (non-hydrogen) atoms. The highest BCUT2D eigenvalue weighted by Crippen LogP contribution is 2.26. The van der Waals surface area contributed by atoms with Gasteiger partial charge in [-0.25, -0.2) is 0 Å². The highest BCUT2D eigenvalue weighted by molar-refractivity contribution is 6.71. The van der Waals surface area contributed by atoms with Crippen molar-refractivity contribution in [1.82, 2.24) is 0 Å². The number of hydrogen-bond donors (Lipinski definition) is 1. The van der Waals surface area contributed by atoms with Gasteiger partial charge >= 0.3 is 0 Å².